The van der Waals surface area contributed by atoms with Crippen LogP contribution in [0.25, 0.3) is 0 Å². The number of rotatable bonds is 10. The van der Waals surface area contributed by atoms with Crippen molar-refractivity contribution in [2.75, 3.05) is 46.6 Å². The molecule has 1 aliphatic heterocycles. The molecule has 1 aromatic carbocycles. The number of para-hydroxylation sites is 1. The molecule has 0 radical (unpaired) electrons. The second-order valence-electron chi connectivity index (χ2n) is 6.85. The molecule has 1 fully saturated rings. The van der Waals surface area contributed by atoms with Crippen LogP contribution in [0.3, 0.4) is 0 Å². The highest BCUT2D eigenvalue weighted by molar-refractivity contribution is 5.79. The van der Waals surface area contributed by atoms with E-state index in [0.717, 1.165) is 39.1 Å². The Labute approximate surface area is 169 Å². The maximum atomic E-state index is 12.4. The van der Waals surface area contributed by atoms with Gasteiger partial charge >= 0.3 is 6.18 Å². The van der Waals surface area contributed by atoms with Gasteiger partial charge in [-0.15, -0.1) is 0 Å². The summed E-state index contributed by atoms with van der Waals surface area (Å²) in [4.78, 5) is 4.13. The van der Waals surface area contributed by atoms with Crippen LogP contribution in [0.2, 0.25) is 0 Å². The minimum Gasteiger partial charge on any atom is -0.484 e. The highest BCUT2D eigenvalue weighted by atomic mass is 19.4. The lowest BCUT2D eigenvalue weighted by atomic mass is 10.0. The molecule has 29 heavy (non-hydrogen) atoms. The van der Waals surface area contributed by atoms with E-state index in [1.807, 2.05) is 0 Å². The third-order valence-electron chi connectivity index (χ3n) is 4.49. The van der Waals surface area contributed by atoms with Crippen LogP contribution >= 0.6 is 0 Å². The van der Waals surface area contributed by atoms with Gasteiger partial charge in [0.05, 0.1) is 0 Å². The zero-order valence-corrected chi connectivity index (χ0v) is 16.8. The number of nitrogens with zero attached hydrogens (tertiary/aromatic N) is 1. The fourth-order valence-corrected chi connectivity index (χ4v) is 2.89. The molecule has 1 heterocycles. The number of benzene rings is 1. The fourth-order valence-electron chi connectivity index (χ4n) is 2.89. The maximum Gasteiger partial charge on any atom is 0.422 e. The maximum absolute atomic E-state index is 12.4. The molecule has 9 heteroatoms. The van der Waals surface area contributed by atoms with Gasteiger partial charge in [-0.2, -0.15) is 13.2 Å². The first kappa shape index (κ1) is 23.3. The number of guanidine groups is 1. The molecule has 0 atom stereocenters. The summed E-state index contributed by atoms with van der Waals surface area (Å²) < 4.78 is 53.1. The van der Waals surface area contributed by atoms with E-state index >= 15 is 0 Å². The monoisotopic (exact) mass is 417 g/mol. The Morgan fingerprint density at radius 1 is 1.21 bits per heavy atom. The first-order valence-electron chi connectivity index (χ1n) is 9.85. The molecule has 2 rings (SSSR count). The van der Waals surface area contributed by atoms with Gasteiger partial charge in [-0.05, 0) is 31.2 Å². The van der Waals surface area contributed by atoms with Crippen LogP contribution in [-0.2, 0) is 16.0 Å². The van der Waals surface area contributed by atoms with Gasteiger partial charge in [-0.25, -0.2) is 0 Å². The van der Waals surface area contributed by atoms with Crippen molar-refractivity contribution in [3.05, 3.63) is 29.8 Å². The molecule has 0 unspecified atom stereocenters. The normalized spacial score (nSPS) is 15.9. The van der Waals surface area contributed by atoms with Crippen LogP contribution in [-0.4, -0.2) is 58.8 Å². The zero-order valence-electron chi connectivity index (χ0n) is 16.8. The van der Waals surface area contributed by atoms with Crippen molar-refractivity contribution >= 4 is 5.96 Å². The number of nitrogens with one attached hydrogen (secondary N) is 2. The van der Waals surface area contributed by atoms with Crippen LogP contribution in [0.15, 0.2) is 29.3 Å². The summed E-state index contributed by atoms with van der Waals surface area (Å²) in [6, 6.07) is 6.64. The van der Waals surface area contributed by atoms with Crippen LogP contribution < -0.4 is 15.4 Å². The van der Waals surface area contributed by atoms with Gasteiger partial charge < -0.3 is 24.8 Å². The highest BCUT2D eigenvalue weighted by Crippen LogP contribution is 2.22. The number of hydrogen-bond acceptors (Lipinski definition) is 4. The van der Waals surface area contributed by atoms with Crippen molar-refractivity contribution in [1.29, 1.82) is 0 Å². The topological polar surface area (TPSA) is 64.1 Å². The minimum atomic E-state index is -4.37. The molecule has 0 bridgehead atoms. The lowest BCUT2D eigenvalue weighted by molar-refractivity contribution is -0.153. The molecule has 1 saturated heterocycles. The van der Waals surface area contributed by atoms with E-state index in [9.17, 15) is 13.2 Å². The first-order valence-corrected chi connectivity index (χ1v) is 9.85. The van der Waals surface area contributed by atoms with Crippen molar-refractivity contribution in [2.24, 2.45) is 10.9 Å². The number of aliphatic imine (C=N–C) groups is 1. The number of hydrogen-bond donors (Lipinski definition) is 2. The van der Waals surface area contributed by atoms with Gasteiger partial charge in [-0.1, -0.05) is 18.2 Å². The fraction of sp³-hybridized carbons (Fsp3) is 0.650. The minimum absolute atomic E-state index is 0.203. The third-order valence-corrected chi connectivity index (χ3v) is 4.49. The number of halogens is 3. The molecule has 0 saturated carbocycles. The summed E-state index contributed by atoms with van der Waals surface area (Å²) >= 11 is 0. The lowest BCUT2D eigenvalue weighted by Gasteiger charge is -2.21. The van der Waals surface area contributed by atoms with Crippen LogP contribution in [0, 0.1) is 5.92 Å². The van der Waals surface area contributed by atoms with Crippen LogP contribution in [0.5, 0.6) is 5.75 Å². The Morgan fingerprint density at radius 3 is 2.69 bits per heavy atom. The standard InChI is InChI=1S/C20H30F3N3O3/c1-24-19(25-9-4-10-28-14-16-7-11-27-12-8-16)26-13-17-5-2-3-6-18(17)29-15-20(21,22)23/h2-3,5-6,16H,4,7-15H2,1H3,(H2,24,25,26). The molecule has 6 nitrogen and oxygen atoms in total. The third kappa shape index (κ3) is 9.85. The van der Waals surface area contributed by atoms with Crippen molar-refractivity contribution in [3.8, 4) is 5.75 Å². The van der Waals surface area contributed by atoms with Gasteiger partial charge in [0.15, 0.2) is 12.6 Å². The number of ether oxygens (including phenoxy) is 3. The molecule has 2 N–H and O–H groups in total. The van der Waals surface area contributed by atoms with Gasteiger partial charge in [-0.3, -0.25) is 4.99 Å². The van der Waals surface area contributed by atoms with Gasteiger partial charge in [0.25, 0.3) is 0 Å². The second kappa shape index (κ2) is 12.5. The molecule has 1 aliphatic rings. The molecule has 0 aromatic heterocycles. The smallest absolute Gasteiger partial charge is 0.422 e. The Kier molecular flexibility index (Phi) is 10.1. The van der Waals surface area contributed by atoms with Gasteiger partial charge in [0.1, 0.15) is 5.75 Å². The van der Waals surface area contributed by atoms with Gasteiger partial charge in [0, 0.05) is 52.1 Å². The van der Waals surface area contributed by atoms with Crippen LogP contribution in [0.1, 0.15) is 24.8 Å². The summed E-state index contributed by atoms with van der Waals surface area (Å²) in [6.45, 7) is 2.74. The first-order chi connectivity index (χ1) is 14.0. The Bertz CT molecular complexity index is 620. The van der Waals surface area contributed by atoms with Crippen molar-refractivity contribution in [1.82, 2.24) is 10.6 Å². The summed E-state index contributed by atoms with van der Waals surface area (Å²) in [5.74, 6) is 1.36. The lowest BCUT2D eigenvalue weighted by Crippen LogP contribution is -2.37. The average Bonchev–Trinajstić information content (AvgIpc) is 2.72. The van der Waals surface area contributed by atoms with Crippen LogP contribution in [0.4, 0.5) is 13.2 Å². The zero-order chi connectivity index (χ0) is 21.0. The van der Waals surface area contributed by atoms with E-state index in [4.69, 9.17) is 14.2 Å². The molecule has 0 spiro atoms. The van der Waals surface area contributed by atoms with E-state index in [0.29, 0.717) is 37.1 Å². The Balaban J connectivity index is 1.64. The van der Waals surface area contributed by atoms with E-state index < -0.39 is 12.8 Å². The summed E-state index contributed by atoms with van der Waals surface area (Å²) in [6.07, 6.45) is -1.42. The number of alkyl halides is 3. The Morgan fingerprint density at radius 2 is 1.97 bits per heavy atom. The SMILES string of the molecule is CN=C(NCCCOCC1CCOCC1)NCc1ccccc1OCC(F)(F)F. The second-order valence-corrected chi connectivity index (χ2v) is 6.85. The van der Waals surface area contributed by atoms with Crippen molar-refractivity contribution < 1.29 is 27.4 Å². The predicted octanol–water partition coefficient (Wildman–Crippen LogP) is 3.13. The predicted molar refractivity (Wildman–Crippen MR) is 105 cm³/mol. The molecular formula is C20H30F3N3O3. The molecular weight excluding hydrogens is 387 g/mol. The Hall–Kier alpha value is -2.00. The molecule has 0 amide bonds. The van der Waals surface area contributed by atoms with E-state index in [1.165, 1.54) is 6.07 Å². The summed E-state index contributed by atoms with van der Waals surface area (Å²) in [5.41, 5.74) is 0.625. The van der Waals surface area contributed by atoms with Crippen molar-refractivity contribution in [3.63, 3.8) is 0 Å². The summed E-state index contributed by atoms with van der Waals surface area (Å²) in [5, 5.41) is 6.26. The van der Waals surface area contributed by atoms with E-state index in [-0.39, 0.29) is 5.75 Å². The van der Waals surface area contributed by atoms with E-state index in [2.05, 4.69) is 15.6 Å². The molecule has 0 aliphatic carbocycles. The largest absolute Gasteiger partial charge is 0.484 e. The highest BCUT2D eigenvalue weighted by Gasteiger charge is 2.28. The quantitative estimate of drug-likeness (QED) is 0.348. The molecule has 164 valence electrons. The average molecular weight is 417 g/mol. The molecule has 1 aromatic rings. The van der Waals surface area contributed by atoms with Crippen molar-refractivity contribution in [2.45, 2.75) is 32.0 Å². The van der Waals surface area contributed by atoms with Gasteiger partial charge in [0.2, 0.25) is 0 Å². The summed E-state index contributed by atoms with van der Waals surface area (Å²) in [7, 11) is 1.64. The van der Waals surface area contributed by atoms with E-state index in [1.54, 1.807) is 25.2 Å².